The van der Waals surface area contributed by atoms with Gasteiger partial charge in [0.15, 0.2) is 0 Å². The average Bonchev–Trinajstić information content (AvgIpc) is 2.61. The van der Waals surface area contributed by atoms with Crippen molar-refractivity contribution < 1.29 is 0 Å². The summed E-state index contributed by atoms with van der Waals surface area (Å²) < 4.78 is 0. The number of fused-ring (bicyclic) bond motifs is 4. The van der Waals surface area contributed by atoms with Gasteiger partial charge in [-0.2, -0.15) is 5.26 Å². The first kappa shape index (κ1) is 16.4. The van der Waals surface area contributed by atoms with Crippen molar-refractivity contribution in [2.24, 2.45) is 5.41 Å². The standard InChI is InChI=1S/C23H26N2/c1-22(2)21-14-19-18(15-24)10-7-11-20(19)23(22,3)12-13-25(21)16-17-8-5-4-6-9-17/h4-11,21H,12-14,16H2,1-3H3/t21-,23-/m0/s1. The summed E-state index contributed by atoms with van der Waals surface area (Å²) >= 11 is 0. The fraction of sp³-hybridized carbons (Fsp3) is 0.435. The lowest BCUT2D eigenvalue weighted by molar-refractivity contribution is -0.0422. The number of piperidine rings is 1. The summed E-state index contributed by atoms with van der Waals surface area (Å²) in [6.07, 6.45) is 2.12. The molecule has 1 aliphatic heterocycles. The van der Waals surface area contributed by atoms with Crippen LogP contribution in [0.15, 0.2) is 48.5 Å². The predicted octanol–water partition coefficient (Wildman–Crippen LogP) is 4.67. The van der Waals surface area contributed by atoms with E-state index in [1.54, 1.807) is 0 Å². The SMILES string of the molecule is CC1(C)[C@@H]2Cc3c(C#N)cccc3[C@]1(C)CCN2Cc1ccccc1. The minimum atomic E-state index is 0.130. The Morgan fingerprint density at radius 2 is 1.84 bits per heavy atom. The Bertz CT molecular complexity index is 831. The van der Waals surface area contributed by atoms with Crippen LogP contribution < -0.4 is 0 Å². The first-order chi connectivity index (χ1) is 12.0. The Kier molecular flexibility index (Phi) is 3.74. The van der Waals surface area contributed by atoms with Gasteiger partial charge in [-0.05, 0) is 47.6 Å². The minimum absolute atomic E-state index is 0.130. The van der Waals surface area contributed by atoms with Gasteiger partial charge in [-0.1, -0.05) is 63.2 Å². The largest absolute Gasteiger partial charge is 0.295 e. The Hall–Kier alpha value is -2.11. The second-order valence-corrected chi connectivity index (χ2v) is 8.42. The lowest BCUT2D eigenvalue weighted by Crippen LogP contribution is -2.63. The fourth-order valence-electron chi connectivity index (χ4n) is 5.16. The highest BCUT2D eigenvalue weighted by atomic mass is 15.2. The lowest BCUT2D eigenvalue weighted by atomic mass is 9.50. The number of nitriles is 1. The van der Waals surface area contributed by atoms with Crippen molar-refractivity contribution in [1.82, 2.24) is 4.90 Å². The van der Waals surface area contributed by atoms with Crippen molar-refractivity contribution in [2.75, 3.05) is 6.54 Å². The first-order valence-corrected chi connectivity index (χ1v) is 9.28. The molecule has 2 nitrogen and oxygen atoms in total. The summed E-state index contributed by atoms with van der Waals surface area (Å²) in [5.74, 6) is 0. The molecule has 128 valence electrons. The Labute approximate surface area is 151 Å². The maximum Gasteiger partial charge on any atom is 0.0994 e. The molecule has 1 fully saturated rings. The van der Waals surface area contributed by atoms with Crippen LogP contribution in [0.25, 0.3) is 0 Å². The van der Waals surface area contributed by atoms with Crippen molar-refractivity contribution in [1.29, 1.82) is 5.26 Å². The molecule has 25 heavy (non-hydrogen) atoms. The van der Waals surface area contributed by atoms with Crippen LogP contribution in [-0.2, 0) is 18.4 Å². The molecule has 1 aliphatic carbocycles. The molecule has 0 amide bonds. The van der Waals surface area contributed by atoms with Crippen LogP contribution in [0.3, 0.4) is 0 Å². The predicted molar refractivity (Wildman–Crippen MR) is 101 cm³/mol. The maximum atomic E-state index is 9.61. The summed E-state index contributed by atoms with van der Waals surface area (Å²) in [5.41, 5.74) is 5.25. The monoisotopic (exact) mass is 330 g/mol. The van der Waals surface area contributed by atoms with Gasteiger partial charge in [0, 0.05) is 18.0 Å². The Morgan fingerprint density at radius 3 is 2.56 bits per heavy atom. The van der Waals surface area contributed by atoms with Crippen LogP contribution in [0.2, 0.25) is 0 Å². The molecule has 1 heterocycles. The maximum absolute atomic E-state index is 9.61. The molecule has 0 N–H and O–H groups in total. The molecule has 1 saturated heterocycles. The molecular weight excluding hydrogens is 304 g/mol. The smallest absolute Gasteiger partial charge is 0.0994 e. The molecule has 0 saturated carbocycles. The van der Waals surface area contributed by atoms with Crippen molar-refractivity contribution in [3.8, 4) is 6.07 Å². The Balaban J connectivity index is 1.77. The number of rotatable bonds is 2. The van der Waals surface area contributed by atoms with Crippen molar-refractivity contribution in [2.45, 2.75) is 51.6 Å². The number of hydrogen-bond donors (Lipinski definition) is 0. The first-order valence-electron chi connectivity index (χ1n) is 9.28. The van der Waals surface area contributed by atoms with E-state index in [2.05, 4.69) is 74.2 Å². The fourth-order valence-corrected chi connectivity index (χ4v) is 5.16. The van der Waals surface area contributed by atoms with Gasteiger partial charge in [0.1, 0.15) is 0 Å². The van der Waals surface area contributed by atoms with Crippen LogP contribution >= 0.6 is 0 Å². The molecule has 2 bridgehead atoms. The van der Waals surface area contributed by atoms with E-state index in [1.807, 2.05) is 6.07 Å². The molecule has 2 aliphatic rings. The summed E-state index contributed by atoms with van der Waals surface area (Å²) in [6, 6.07) is 20.0. The molecule has 2 aromatic carbocycles. The van der Waals surface area contributed by atoms with Gasteiger partial charge in [-0.3, -0.25) is 4.90 Å². The average molecular weight is 330 g/mol. The minimum Gasteiger partial charge on any atom is -0.295 e. The van der Waals surface area contributed by atoms with E-state index in [4.69, 9.17) is 0 Å². The molecule has 4 rings (SSSR count). The van der Waals surface area contributed by atoms with E-state index in [0.29, 0.717) is 6.04 Å². The number of nitrogens with zero attached hydrogens (tertiary/aromatic N) is 2. The van der Waals surface area contributed by atoms with Gasteiger partial charge in [-0.15, -0.1) is 0 Å². The van der Waals surface area contributed by atoms with Crippen molar-refractivity contribution >= 4 is 0 Å². The Morgan fingerprint density at radius 1 is 1.08 bits per heavy atom. The zero-order chi connectivity index (χ0) is 17.7. The van der Waals surface area contributed by atoms with E-state index in [-0.39, 0.29) is 10.8 Å². The summed E-state index contributed by atoms with van der Waals surface area (Å²) in [7, 11) is 0. The highest BCUT2D eigenvalue weighted by Crippen LogP contribution is 2.56. The van der Waals surface area contributed by atoms with E-state index in [9.17, 15) is 5.26 Å². The van der Waals surface area contributed by atoms with Crippen LogP contribution in [0.5, 0.6) is 0 Å². The molecule has 2 heteroatoms. The molecular formula is C23H26N2. The van der Waals surface area contributed by atoms with Crippen molar-refractivity contribution in [3.63, 3.8) is 0 Å². The molecule has 2 atom stereocenters. The third-order valence-electron chi connectivity index (χ3n) is 7.11. The molecule has 0 spiro atoms. The van der Waals surface area contributed by atoms with Crippen LogP contribution in [0.4, 0.5) is 0 Å². The molecule has 0 radical (unpaired) electrons. The molecule has 2 aromatic rings. The quantitative estimate of drug-likeness (QED) is 0.800. The van der Waals surface area contributed by atoms with Crippen LogP contribution in [0, 0.1) is 16.7 Å². The number of hydrogen-bond acceptors (Lipinski definition) is 2. The zero-order valence-electron chi connectivity index (χ0n) is 15.4. The summed E-state index contributed by atoms with van der Waals surface area (Å²) in [6.45, 7) is 9.39. The molecule has 0 unspecified atom stereocenters. The third-order valence-corrected chi connectivity index (χ3v) is 7.11. The van der Waals surface area contributed by atoms with E-state index < -0.39 is 0 Å². The van der Waals surface area contributed by atoms with Crippen LogP contribution in [0.1, 0.15) is 49.4 Å². The normalized spacial score (nSPS) is 27.4. The molecule has 0 aromatic heterocycles. The lowest BCUT2D eigenvalue weighted by Gasteiger charge is -2.61. The summed E-state index contributed by atoms with van der Waals surface area (Å²) in [4.78, 5) is 2.65. The number of likely N-dealkylation sites (tertiary alicyclic amines) is 1. The van der Waals surface area contributed by atoms with Gasteiger partial charge in [-0.25, -0.2) is 0 Å². The van der Waals surface area contributed by atoms with Crippen LogP contribution in [-0.4, -0.2) is 17.5 Å². The van der Waals surface area contributed by atoms with Crippen molar-refractivity contribution in [3.05, 3.63) is 70.8 Å². The highest BCUT2D eigenvalue weighted by Gasteiger charge is 2.55. The van der Waals surface area contributed by atoms with Gasteiger partial charge in [0.05, 0.1) is 11.6 Å². The topological polar surface area (TPSA) is 27.0 Å². The van der Waals surface area contributed by atoms with Gasteiger partial charge in [0.25, 0.3) is 0 Å². The number of benzene rings is 2. The summed E-state index contributed by atoms with van der Waals surface area (Å²) in [5, 5.41) is 9.61. The van der Waals surface area contributed by atoms with E-state index in [0.717, 1.165) is 31.5 Å². The van der Waals surface area contributed by atoms with Gasteiger partial charge in [0.2, 0.25) is 0 Å². The second kappa shape index (κ2) is 5.71. The van der Waals surface area contributed by atoms with E-state index >= 15 is 0 Å². The third kappa shape index (κ3) is 2.34. The highest BCUT2D eigenvalue weighted by molar-refractivity contribution is 5.50. The van der Waals surface area contributed by atoms with E-state index in [1.165, 1.54) is 16.7 Å². The second-order valence-electron chi connectivity index (χ2n) is 8.42. The zero-order valence-corrected chi connectivity index (χ0v) is 15.4. The van der Waals surface area contributed by atoms with Gasteiger partial charge < -0.3 is 0 Å². The van der Waals surface area contributed by atoms with Gasteiger partial charge >= 0.3 is 0 Å².